The molecule has 0 radical (unpaired) electrons. The number of benzene rings is 1. The number of carbonyl (C=O) groups excluding carboxylic acids is 1. The standard InChI is InChI=1S/C17H19NO5/c1-4-14-13(17(20)21)9-15(23-14)16(19)18-11-5-7-12(8-6-11)22-10(2)3/h5-10H,4H2,1-3H3,(H,18,19)(H,20,21). The van der Waals surface area contributed by atoms with Gasteiger partial charge in [0, 0.05) is 18.2 Å². The Bertz CT molecular complexity index is 700. The minimum atomic E-state index is -1.11. The van der Waals surface area contributed by atoms with Gasteiger partial charge in [0.15, 0.2) is 5.76 Å². The fourth-order valence-electron chi connectivity index (χ4n) is 2.07. The zero-order chi connectivity index (χ0) is 17.0. The van der Waals surface area contributed by atoms with Crippen LogP contribution in [0.25, 0.3) is 0 Å². The van der Waals surface area contributed by atoms with Crippen LogP contribution in [0, 0.1) is 0 Å². The first-order valence-electron chi connectivity index (χ1n) is 7.34. The van der Waals surface area contributed by atoms with Crippen molar-refractivity contribution in [2.45, 2.75) is 33.3 Å². The van der Waals surface area contributed by atoms with Crippen molar-refractivity contribution in [2.75, 3.05) is 5.32 Å². The lowest BCUT2D eigenvalue weighted by Gasteiger charge is -2.10. The number of furan rings is 1. The largest absolute Gasteiger partial charge is 0.491 e. The number of carboxylic acid groups (broad SMARTS) is 1. The topological polar surface area (TPSA) is 88.8 Å². The Morgan fingerprint density at radius 2 is 1.91 bits per heavy atom. The normalized spacial score (nSPS) is 10.6. The number of amides is 1. The smallest absolute Gasteiger partial charge is 0.339 e. The van der Waals surface area contributed by atoms with Crippen LogP contribution < -0.4 is 10.1 Å². The van der Waals surface area contributed by atoms with Crippen LogP contribution in [-0.2, 0) is 6.42 Å². The molecular formula is C17H19NO5. The molecule has 0 unspecified atom stereocenters. The summed E-state index contributed by atoms with van der Waals surface area (Å²) in [6.45, 7) is 5.62. The summed E-state index contributed by atoms with van der Waals surface area (Å²) in [6, 6.07) is 8.15. The van der Waals surface area contributed by atoms with Crippen LogP contribution in [-0.4, -0.2) is 23.1 Å². The van der Waals surface area contributed by atoms with Crippen LogP contribution >= 0.6 is 0 Å². The molecule has 1 aromatic carbocycles. The van der Waals surface area contributed by atoms with Crippen molar-refractivity contribution in [3.05, 3.63) is 47.4 Å². The van der Waals surface area contributed by atoms with Crippen molar-refractivity contribution in [2.24, 2.45) is 0 Å². The summed E-state index contributed by atoms with van der Waals surface area (Å²) >= 11 is 0. The molecule has 2 N–H and O–H groups in total. The van der Waals surface area contributed by atoms with Gasteiger partial charge in [-0.05, 0) is 38.1 Å². The summed E-state index contributed by atoms with van der Waals surface area (Å²) < 4.78 is 10.8. The van der Waals surface area contributed by atoms with Crippen molar-refractivity contribution in [3.8, 4) is 5.75 Å². The molecular weight excluding hydrogens is 298 g/mol. The quantitative estimate of drug-likeness (QED) is 0.850. The van der Waals surface area contributed by atoms with Crippen molar-refractivity contribution in [1.29, 1.82) is 0 Å². The number of rotatable bonds is 6. The Morgan fingerprint density at radius 3 is 2.39 bits per heavy atom. The van der Waals surface area contributed by atoms with Gasteiger partial charge in [0.1, 0.15) is 17.1 Å². The van der Waals surface area contributed by atoms with E-state index in [4.69, 9.17) is 14.3 Å². The summed E-state index contributed by atoms with van der Waals surface area (Å²) in [5.41, 5.74) is 0.579. The van der Waals surface area contributed by atoms with E-state index >= 15 is 0 Å². The first kappa shape index (κ1) is 16.6. The number of hydrogen-bond acceptors (Lipinski definition) is 4. The molecule has 0 aliphatic heterocycles. The van der Waals surface area contributed by atoms with E-state index in [0.717, 1.165) is 0 Å². The van der Waals surface area contributed by atoms with E-state index in [1.165, 1.54) is 6.07 Å². The second kappa shape index (κ2) is 7.00. The first-order valence-corrected chi connectivity index (χ1v) is 7.34. The van der Waals surface area contributed by atoms with E-state index in [-0.39, 0.29) is 23.2 Å². The van der Waals surface area contributed by atoms with Crippen molar-refractivity contribution in [3.63, 3.8) is 0 Å². The average molecular weight is 317 g/mol. The summed E-state index contributed by atoms with van der Waals surface area (Å²) in [7, 11) is 0. The highest BCUT2D eigenvalue weighted by atomic mass is 16.5. The number of hydrogen-bond donors (Lipinski definition) is 2. The van der Waals surface area contributed by atoms with Gasteiger partial charge in [0.2, 0.25) is 0 Å². The third-order valence-electron chi connectivity index (χ3n) is 3.07. The molecule has 1 heterocycles. The van der Waals surface area contributed by atoms with Gasteiger partial charge in [-0.1, -0.05) is 6.92 Å². The lowest BCUT2D eigenvalue weighted by Crippen LogP contribution is -2.11. The molecule has 0 atom stereocenters. The van der Waals surface area contributed by atoms with Crippen LogP contribution in [0.5, 0.6) is 5.75 Å². The Balaban J connectivity index is 2.11. The molecule has 0 fully saturated rings. The summed E-state index contributed by atoms with van der Waals surface area (Å²) in [5.74, 6) is -0.646. The predicted molar refractivity (Wildman–Crippen MR) is 85.2 cm³/mol. The third kappa shape index (κ3) is 4.12. The molecule has 0 spiro atoms. The van der Waals surface area contributed by atoms with Crippen molar-refractivity contribution >= 4 is 17.6 Å². The van der Waals surface area contributed by atoms with Gasteiger partial charge < -0.3 is 19.6 Å². The minimum Gasteiger partial charge on any atom is -0.491 e. The average Bonchev–Trinajstić information content (AvgIpc) is 2.93. The van der Waals surface area contributed by atoms with Gasteiger partial charge in [-0.3, -0.25) is 4.79 Å². The molecule has 1 amide bonds. The molecule has 0 saturated carbocycles. The maximum Gasteiger partial charge on any atom is 0.339 e. The second-order valence-electron chi connectivity index (χ2n) is 5.25. The van der Waals surface area contributed by atoms with Gasteiger partial charge in [-0.2, -0.15) is 0 Å². The molecule has 0 aliphatic carbocycles. The van der Waals surface area contributed by atoms with Gasteiger partial charge in [-0.25, -0.2) is 4.79 Å². The monoisotopic (exact) mass is 317 g/mol. The highest BCUT2D eigenvalue weighted by Gasteiger charge is 2.20. The van der Waals surface area contributed by atoms with Crippen molar-refractivity contribution < 1.29 is 23.8 Å². The Morgan fingerprint density at radius 1 is 1.26 bits per heavy atom. The minimum absolute atomic E-state index is 0.0123. The van der Waals surface area contributed by atoms with E-state index < -0.39 is 11.9 Å². The number of nitrogens with one attached hydrogen (secondary N) is 1. The Hall–Kier alpha value is -2.76. The molecule has 122 valence electrons. The maximum atomic E-state index is 12.2. The van der Waals surface area contributed by atoms with Gasteiger partial charge in [0.05, 0.1) is 6.10 Å². The molecule has 0 bridgehead atoms. The Labute approximate surface area is 134 Å². The Kier molecular flexibility index (Phi) is 5.05. The molecule has 23 heavy (non-hydrogen) atoms. The SMILES string of the molecule is CCc1oc(C(=O)Nc2ccc(OC(C)C)cc2)cc1C(=O)O. The molecule has 6 nitrogen and oxygen atoms in total. The zero-order valence-corrected chi connectivity index (χ0v) is 13.3. The lowest BCUT2D eigenvalue weighted by molar-refractivity contribution is 0.0694. The maximum absolute atomic E-state index is 12.2. The van der Waals surface area contributed by atoms with E-state index in [2.05, 4.69) is 5.32 Å². The van der Waals surface area contributed by atoms with Crippen LogP contribution in [0.15, 0.2) is 34.7 Å². The zero-order valence-electron chi connectivity index (χ0n) is 13.3. The van der Waals surface area contributed by atoms with Crippen LogP contribution in [0.3, 0.4) is 0 Å². The molecule has 1 aromatic heterocycles. The number of ether oxygens (including phenoxy) is 1. The van der Waals surface area contributed by atoms with Gasteiger partial charge >= 0.3 is 5.97 Å². The highest BCUT2D eigenvalue weighted by molar-refractivity contribution is 6.04. The van der Waals surface area contributed by atoms with E-state index in [9.17, 15) is 9.59 Å². The predicted octanol–water partition coefficient (Wildman–Crippen LogP) is 3.58. The van der Waals surface area contributed by atoms with E-state index in [0.29, 0.717) is 17.9 Å². The fraction of sp³-hybridized carbons (Fsp3) is 0.294. The molecule has 6 heteroatoms. The molecule has 2 aromatic rings. The van der Waals surface area contributed by atoms with Crippen LogP contribution in [0.2, 0.25) is 0 Å². The summed E-state index contributed by atoms with van der Waals surface area (Å²) in [5, 5.41) is 11.7. The third-order valence-corrected chi connectivity index (χ3v) is 3.07. The summed E-state index contributed by atoms with van der Waals surface area (Å²) in [4.78, 5) is 23.2. The molecule has 0 aliphatic rings. The number of carbonyl (C=O) groups is 2. The van der Waals surface area contributed by atoms with Gasteiger partial charge in [0.25, 0.3) is 5.91 Å². The summed E-state index contributed by atoms with van der Waals surface area (Å²) in [6.07, 6.45) is 0.469. The number of anilines is 1. The first-order chi connectivity index (χ1) is 10.9. The van der Waals surface area contributed by atoms with Crippen LogP contribution in [0.1, 0.15) is 47.4 Å². The number of carboxylic acids is 1. The highest BCUT2D eigenvalue weighted by Crippen LogP contribution is 2.20. The molecule has 2 rings (SSSR count). The van der Waals surface area contributed by atoms with Crippen LogP contribution in [0.4, 0.5) is 5.69 Å². The van der Waals surface area contributed by atoms with Gasteiger partial charge in [-0.15, -0.1) is 0 Å². The second-order valence-corrected chi connectivity index (χ2v) is 5.25. The number of aryl methyl sites for hydroxylation is 1. The molecule has 0 saturated heterocycles. The van der Waals surface area contributed by atoms with E-state index in [1.54, 1.807) is 31.2 Å². The van der Waals surface area contributed by atoms with Crippen molar-refractivity contribution in [1.82, 2.24) is 0 Å². The van der Waals surface area contributed by atoms with E-state index in [1.807, 2.05) is 13.8 Å². The number of aromatic carboxylic acids is 1. The lowest BCUT2D eigenvalue weighted by atomic mass is 10.2. The fourth-order valence-corrected chi connectivity index (χ4v) is 2.07.